The molecule has 0 amide bonds. The minimum absolute atomic E-state index is 0.0253. The van der Waals surface area contributed by atoms with E-state index in [1.165, 1.54) is 0 Å². The first-order chi connectivity index (χ1) is 8.42. The van der Waals surface area contributed by atoms with Crippen LogP contribution in [0.15, 0.2) is 0 Å². The van der Waals surface area contributed by atoms with Crippen molar-refractivity contribution in [3.8, 4) is 0 Å². The number of carbonyl (C=O) groups excluding carboxylic acids is 1. The van der Waals surface area contributed by atoms with Gasteiger partial charge >= 0.3 is 6.36 Å². The number of ether oxygens (including phenoxy) is 1. The van der Waals surface area contributed by atoms with Crippen LogP contribution in [0, 0.1) is 11.3 Å². The lowest BCUT2D eigenvalue weighted by atomic mass is 9.77. The third kappa shape index (κ3) is 4.45. The first kappa shape index (κ1) is 16.4. The third-order valence-corrected chi connectivity index (χ3v) is 3.48. The molecule has 4 unspecified atom stereocenters. The molecule has 0 saturated carbocycles. The van der Waals surface area contributed by atoms with Crippen molar-refractivity contribution in [3.05, 3.63) is 0 Å². The molecule has 0 bridgehead atoms. The van der Waals surface area contributed by atoms with Gasteiger partial charge in [0.25, 0.3) is 0 Å². The Kier molecular flexibility index (Phi) is 4.67. The van der Waals surface area contributed by atoms with E-state index in [0.29, 0.717) is 0 Å². The van der Waals surface area contributed by atoms with Gasteiger partial charge < -0.3 is 5.32 Å². The van der Waals surface area contributed by atoms with Crippen LogP contribution in [-0.2, 0) is 9.53 Å². The number of alkyl halides is 3. The second-order valence-electron chi connectivity index (χ2n) is 6.36. The number of nitrogens with one attached hydrogen (secondary N) is 1. The quantitative estimate of drug-likeness (QED) is 0.846. The second-order valence-corrected chi connectivity index (χ2v) is 6.36. The van der Waals surface area contributed by atoms with Gasteiger partial charge in [-0.2, -0.15) is 0 Å². The second kappa shape index (κ2) is 5.40. The molecule has 1 heterocycles. The molecule has 4 atom stereocenters. The summed E-state index contributed by atoms with van der Waals surface area (Å²) in [7, 11) is 0. The lowest BCUT2D eigenvalue weighted by molar-refractivity contribution is -0.348. The predicted molar refractivity (Wildman–Crippen MR) is 65.6 cm³/mol. The molecule has 6 heteroatoms. The summed E-state index contributed by atoms with van der Waals surface area (Å²) < 4.78 is 40.9. The monoisotopic (exact) mass is 281 g/mol. The van der Waals surface area contributed by atoms with E-state index in [-0.39, 0.29) is 18.1 Å². The van der Waals surface area contributed by atoms with Crippen LogP contribution in [0.3, 0.4) is 0 Å². The molecule has 1 aliphatic rings. The van der Waals surface area contributed by atoms with Crippen LogP contribution < -0.4 is 5.32 Å². The summed E-state index contributed by atoms with van der Waals surface area (Å²) in [6.45, 7) is 8.83. The fourth-order valence-corrected chi connectivity index (χ4v) is 2.38. The van der Waals surface area contributed by atoms with Gasteiger partial charge in [0.05, 0.1) is 12.1 Å². The molecule has 0 spiro atoms. The molecule has 0 aromatic heterocycles. The number of halogens is 3. The summed E-state index contributed by atoms with van der Waals surface area (Å²) in [6.07, 6.45) is -5.36. The van der Waals surface area contributed by atoms with Gasteiger partial charge in [0, 0.05) is 11.5 Å². The van der Waals surface area contributed by atoms with E-state index in [2.05, 4.69) is 10.1 Å². The Balaban J connectivity index is 2.74. The fraction of sp³-hybridized carbons (Fsp3) is 0.923. The van der Waals surface area contributed by atoms with Crippen LogP contribution in [0.4, 0.5) is 13.2 Å². The van der Waals surface area contributed by atoms with Gasteiger partial charge in [-0.1, -0.05) is 27.7 Å². The predicted octanol–water partition coefficient (Wildman–Crippen LogP) is 2.89. The molecule has 0 radical (unpaired) electrons. The number of Topliss-reactive ketones (excluding diaryl/α,β-unsaturated/α-hetero) is 1. The Bertz CT molecular complexity index is 336. The molecule has 1 fully saturated rings. The topological polar surface area (TPSA) is 38.3 Å². The third-order valence-electron chi connectivity index (χ3n) is 3.48. The minimum Gasteiger partial charge on any atom is -0.302 e. The van der Waals surface area contributed by atoms with E-state index in [1.54, 1.807) is 13.8 Å². The number of hydrogen-bond acceptors (Lipinski definition) is 3. The van der Waals surface area contributed by atoms with Gasteiger partial charge in [-0.05, 0) is 19.3 Å². The van der Waals surface area contributed by atoms with Gasteiger partial charge in [0.1, 0.15) is 0 Å². The lowest BCUT2D eigenvalue weighted by Gasteiger charge is -2.41. The normalized spacial score (nSPS) is 33.3. The zero-order valence-electron chi connectivity index (χ0n) is 12.0. The molecule has 1 rings (SSSR count). The molecule has 0 aromatic carbocycles. The molecule has 0 aliphatic carbocycles. The first-order valence-corrected chi connectivity index (χ1v) is 6.46. The first-order valence-electron chi connectivity index (χ1n) is 6.46. The minimum atomic E-state index is -4.64. The molecule has 112 valence electrons. The van der Waals surface area contributed by atoms with Crippen molar-refractivity contribution < 1.29 is 22.7 Å². The molecule has 1 N–H and O–H groups in total. The zero-order chi connectivity index (χ0) is 15.0. The number of hydrogen-bond donors (Lipinski definition) is 1. The lowest BCUT2D eigenvalue weighted by Crippen LogP contribution is -2.59. The molecule has 1 saturated heterocycles. The Morgan fingerprint density at radius 2 is 1.74 bits per heavy atom. The molecule has 3 nitrogen and oxygen atoms in total. The largest absolute Gasteiger partial charge is 0.522 e. The van der Waals surface area contributed by atoms with Crippen LogP contribution in [0.25, 0.3) is 0 Å². The van der Waals surface area contributed by atoms with E-state index in [0.717, 1.165) is 0 Å². The molecule has 0 aromatic rings. The van der Waals surface area contributed by atoms with Crippen LogP contribution in [0.5, 0.6) is 0 Å². The zero-order valence-corrected chi connectivity index (χ0v) is 12.0. The van der Waals surface area contributed by atoms with E-state index < -0.39 is 30.0 Å². The van der Waals surface area contributed by atoms with Gasteiger partial charge in [-0.3, -0.25) is 9.53 Å². The summed E-state index contributed by atoms with van der Waals surface area (Å²) >= 11 is 0. The molecule has 19 heavy (non-hydrogen) atoms. The average molecular weight is 281 g/mol. The summed E-state index contributed by atoms with van der Waals surface area (Å²) in [5, 5.41) is 2.97. The number of carbonyl (C=O) groups is 1. The van der Waals surface area contributed by atoms with E-state index >= 15 is 0 Å². The summed E-state index contributed by atoms with van der Waals surface area (Å²) in [5.74, 6) is -0.160. The van der Waals surface area contributed by atoms with Crippen molar-refractivity contribution in [2.45, 2.75) is 65.6 Å². The standard InChI is InChI=1S/C13H22F3NO2/c1-7-6-9(19-13(14,15)16)8(2)17-10(7)11(18)12(3,4)5/h7-10,17H,6H2,1-5H3. The Hall–Kier alpha value is -0.620. The van der Waals surface area contributed by atoms with Crippen LogP contribution in [-0.4, -0.2) is 30.3 Å². The maximum Gasteiger partial charge on any atom is 0.522 e. The number of piperidine rings is 1. The smallest absolute Gasteiger partial charge is 0.302 e. The molecular weight excluding hydrogens is 259 g/mol. The fourth-order valence-electron chi connectivity index (χ4n) is 2.38. The van der Waals surface area contributed by atoms with Crippen molar-refractivity contribution >= 4 is 5.78 Å². The van der Waals surface area contributed by atoms with Crippen molar-refractivity contribution in [3.63, 3.8) is 0 Å². The highest BCUT2D eigenvalue weighted by molar-refractivity contribution is 5.89. The van der Waals surface area contributed by atoms with Crippen LogP contribution in [0.1, 0.15) is 41.0 Å². The highest BCUT2D eigenvalue weighted by Crippen LogP contribution is 2.31. The molecule has 1 aliphatic heterocycles. The maximum absolute atomic E-state index is 12.3. The summed E-state index contributed by atoms with van der Waals surface area (Å²) in [4.78, 5) is 12.2. The van der Waals surface area contributed by atoms with Gasteiger partial charge in [0.15, 0.2) is 5.78 Å². The van der Waals surface area contributed by atoms with Crippen molar-refractivity contribution in [1.29, 1.82) is 0 Å². The van der Waals surface area contributed by atoms with E-state index in [1.807, 2.05) is 20.8 Å². The van der Waals surface area contributed by atoms with Gasteiger partial charge in [-0.15, -0.1) is 13.2 Å². The van der Waals surface area contributed by atoms with Crippen LogP contribution >= 0.6 is 0 Å². The van der Waals surface area contributed by atoms with Crippen molar-refractivity contribution in [2.24, 2.45) is 11.3 Å². The van der Waals surface area contributed by atoms with Crippen molar-refractivity contribution in [1.82, 2.24) is 5.32 Å². The Morgan fingerprint density at radius 1 is 1.21 bits per heavy atom. The van der Waals surface area contributed by atoms with E-state index in [4.69, 9.17) is 0 Å². The number of rotatable bonds is 2. The summed E-state index contributed by atoms with van der Waals surface area (Å²) in [6, 6.07) is -0.919. The SMILES string of the molecule is CC1CC(OC(F)(F)F)C(C)NC1C(=O)C(C)(C)C. The van der Waals surface area contributed by atoms with Crippen molar-refractivity contribution in [2.75, 3.05) is 0 Å². The van der Waals surface area contributed by atoms with Gasteiger partial charge in [0.2, 0.25) is 0 Å². The molecular formula is C13H22F3NO2. The van der Waals surface area contributed by atoms with E-state index in [9.17, 15) is 18.0 Å². The summed E-state index contributed by atoms with van der Waals surface area (Å²) in [5.41, 5.74) is -0.511. The van der Waals surface area contributed by atoms with Gasteiger partial charge in [-0.25, -0.2) is 0 Å². The highest BCUT2D eigenvalue weighted by atomic mass is 19.4. The number of ketones is 1. The Labute approximate surface area is 111 Å². The highest BCUT2D eigenvalue weighted by Gasteiger charge is 2.44. The Morgan fingerprint density at radius 3 is 2.16 bits per heavy atom. The van der Waals surface area contributed by atoms with Crippen LogP contribution in [0.2, 0.25) is 0 Å². The average Bonchev–Trinajstić information content (AvgIpc) is 2.18. The maximum atomic E-state index is 12.3.